The summed E-state index contributed by atoms with van der Waals surface area (Å²) in [6, 6.07) is 8.96. The lowest BCUT2D eigenvalue weighted by atomic mass is 9.84. The van der Waals surface area contributed by atoms with Gasteiger partial charge in [0, 0.05) is 53.3 Å². The smallest absolute Gasteiger partial charge is 0.153 e. The number of nitrogens with zero attached hydrogens (tertiary/aromatic N) is 4. The van der Waals surface area contributed by atoms with Crippen molar-refractivity contribution in [3.8, 4) is 0 Å². The summed E-state index contributed by atoms with van der Waals surface area (Å²) < 4.78 is 14.9. The lowest BCUT2D eigenvalue weighted by molar-refractivity contribution is 0.122. The topological polar surface area (TPSA) is 98.8 Å². The van der Waals surface area contributed by atoms with Crippen molar-refractivity contribution in [2.75, 3.05) is 16.4 Å². The van der Waals surface area contributed by atoms with Gasteiger partial charge in [0.2, 0.25) is 0 Å². The normalized spacial score (nSPS) is 24.8. The molecule has 0 amide bonds. The van der Waals surface area contributed by atoms with Crippen LogP contribution in [0.1, 0.15) is 44.7 Å². The summed E-state index contributed by atoms with van der Waals surface area (Å²) in [7, 11) is -0.870. The summed E-state index contributed by atoms with van der Waals surface area (Å²) in [4.78, 5) is 9.42. The van der Waals surface area contributed by atoms with Crippen LogP contribution >= 0.6 is 0 Å². The molecule has 9 heteroatoms. The number of anilines is 3. The van der Waals surface area contributed by atoms with Crippen molar-refractivity contribution in [1.29, 1.82) is 0 Å². The van der Waals surface area contributed by atoms with E-state index in [9.17, 15) is 4.21 Å². The highest BCUT2D eigenvalue weighted by molar-refractivity contribution is 7.82. The Labute approximate surface area is 184 Å². The highest BCUT2D eigenvalue weighted by Gasteiger charge is 2.40. The van der Waals surface area contributed by atoms with Gasteiger partial charge in [-0.3, -0.25) is 10.1 Å². The molecule has 2 saturated heterocycles. The molecule has 2 aliphatic heterocycles. The van der Waals surface area contributed by atoms with Crippen LogP contribution in [0.25, 0.3) is 10.9 Å². The molecule has 2 aliphatic rings. The average molecular weight is 440 g/mol. The minimum atomic E-state index is -0.870. The Bertz CT molecular complexity index is 1090. The number of piperidine rings is 2. The fourth-order valence-electron chi connectivity index (χ4n) is 4.99. The molecular formula is C22H29N7OS. The predicted octanol–water partition coefficient (Wildman–Crippen LogP) is 3.89. The molecule has 0 spiro atoms. The fourth-order valence-corrected chi connectivity index (χ4v) is 6.34. The summed E-state index contributed by atoms with van der Waals surface area (Å²) >= 11 is 0. The molecule has 0 radical (unpaired) electrons. The zero-order valence-electron chi connectivity index (χ0n) is 18.0. The predicted molar refractivity (Wildman–Crippen MR) is 125 cm³/mol. The third-order valence-corrected chi connectivity index (χ3v) is 7.85. The first-order valence-electron chi connectivity index (χ1n) is 11.1. The molecule has 2 bridgehead atoms. The van der Waals surface area contributed by atoms with E-state index in [0.29, 0.717) is 29.7 Å². The van der Waals surface area contributed by atoms with Gasteiger partial charge in [-0.2, -0.15) is 5.10 Å². The Kier molecular flexibility index (Phi) is 5.62. The first-order chi connectivity index (χ1) is 15.1. The second-order valence-corrected chi connectivity index (χ2v) is 10.2. The van der Waals surface area contributed by atoms with Gasteiger partial charge < -0.3 is 10.6 Å². The van der Waals surface area contributed by atoms with E-state index < -0.39 is 11.0 Å². The molecule has 0 saturated carbocycles. The molecule has 164 valence electrons. The number of aromatic nitrogens is 4. The Hall–Kier alpha value is -2.52. The Balaban J connectivity index is 1.41. The summed E-state index contributed by atoms with van der Waals surface area (Å²) in [5, 5.41) is 15.2. The average Bonchev–Trinajstić information content (AvgIpc) is 3.17. The Morgan fingerprint density at radius 1 is 1.23 bits per heavy atom. The van der Waals surface area contributed by atoms with Crippen molar-refractivity contribution in [3.05, 3.63) is 36.2 Å². The van der Waals surface area contributed by atoms with Gasteiger partial charge in [-0.25, -0.2) is 13.5 Å². The molecule has 8 nitrogen and oxygen atoms in total. The maximum atomic E-state index is 12.6. The molecule has 3 N–H and O–H groups in total. The molecule has 0 aromatic carbocycles. The van der Waals surface area contributed by atoms with E-state index in [1.165, 1.54) is 6.42 Å². The molecule has 3 aromatic heterocycles. The van der Waals surface area contributed by atoms with E-state index in [1.54, 1.807) is 6.20 Å². The van der Waals surface area contributed by atoms with Gasteiger partial charge in [0.1, 0.15) is 11.6 Å². The number of rotatable bonds is 6. The van der Waals surface area contributed by atoms with Crippen LogP contribution in [0.2, 0.25) is 0 Å². The van der Waals surface area contributed by atoms with Gasteiger partial charge in [-0.1, -0.05) is 13.3 Å². The van der Waals surface area contributed by atoms with E-state index in [4.69, 9.17) is 4.98 Å². The highest BCUT2D eigenvalue weighted by Crippen LogP contribution is 2.37. The van der Waals surface area contributed by atoms with Gasteiger partial charge in [-0.05, 0) is 44.7 Å². The van der Waals surface area contributed by atoms with Crippen LogP contribution in [-0.2, 0) is 11.0 Å². The summed E-state index contributed by atoms with van der Waals surface area (Å²) in [5.74, 6) is 2.98. The van der Waals surface area contributed by atoms with Crippen LogP contribution in [-0.4, -0.2) is 52.6 Å². The summed E-state index contributed by atoms with van der Waals surface area (Å²) in [6.45, 7) is 3.98. The molecule has 5 heterocycles. The van der Waals surface area contributed by atoms with E-state index >= 15 is 0 Å². The SMILES string of the molecule is CCS(=O)N1C2CCCC1CC(Nc1nc(Nc3cc(C)[nH]n3)cc3ncccc13)C2. The third-order valence-electron chi connectivity index (χ3n) is 6.29. The Morgan fingerprint density at radius 3 is 2.74 bits per heavy atom. The van der Waals surface area contributed by atoms with Crippen molar-refractivity contribution in [3.63, 3.8) is 0 Å². The fraction of sp³-hybridized carbons (Fsp3) is 0.500. The number of hydrogen-bond acceptors (Lipinski definition) is 6. The zero-order valence-corrected chi connectivity index (χ0v) is 18.8. The van der Waals surface area contributed by atoms with E-state index in [-0.39, 0.29) is 0 Å². The van der Waals surface area contributed by atoms with Crippen molar-refractivity contribution in [2.45, 2.75) is 64.1 Å². The lowest BCUT2D eigenvalue weighted by Crippen LogP contribution is -2.55. The van der Waals surface area contributed by atoms with E-state index in [0.717, 1.165) is 53.9 Å². The number of aromatic amines is 1. The first kappa shape index (κ1) is 20.4. The van der Waals surface area contributed by atoms with Crippen molar-refractivity contribution in [2.24, 2.45) is 0 Å². The van der Waals surface area contributed by atoms with Crippen molar-refractivity contribution >= 4 is 39.3 Å². The van der Waals surface area contributed by atoms with Crippen LogP contribution in [0.4, 0.5) is 17.5 Å². The van der Waals surface area contributed by atoms with Gasteiger partial charge in [-0.15, -0.1) is 0 Å². The molecule has 31 heavy (non-hydrogen) atoms. The van der Waals surface area contributed by atoms with Crippen molar-refractivity contribution < 1.29 is 4.21 Å². The summed E-state index contributed by atoms with van der Waals surface area (Å²) in [6.07, 6.45) is 7.25. The number of fused-ring (bicyclic) bond motifs is 3. The minimum Gasteiger partial charge on any atom is -0.367 e. The second kappa shape index (κ2) is 8.55. The first-order valence-corrected chi connectivity index (χ1v) is 12.4. The van der Waals surface area contributed by atoms with Gasteiger partial charge in [0.15, 0.2) is 5.82 Å². The molecule has 3 atom stereocenters. The highest BCUT2D eigenvalue weighted by atomic mass is 32.2. The van der Waals surface area contributed by atoms with Crippen LogP contribution < -0.4 is 10.6 Å². The molecule has 2 fully saturated rings. The number of nitrogens with one attached hydrogen (secondary N) is 3. The molecular weight excluding hydrogens is 410 g/mol. The molecule has 0 aliphatic carbocycles. The number of hydrogen-bond donors (Lipinski definition) is 3. The van der Waals surface area contributed by atoms with Crippen LogP contribution in [0.3, 0.4) is 0 Å². The molecule has 5 rings (SSSR count). The maximum Gasteiger partial charge on any atom is 0.153 e. The van der Waals surface area contributed by atoms with E-state index in [1.807, 2.05) is 32.0 Å². The zero-order chi connectivity index (χ0) is 21.4. The quantitative estimate of drug-likeness (QED) is 0.539. The molecule has 3 unspecified atom stereocenters. The van der Waals surface area contributed by atoms with Crippen LogP contribution in [0, 0.1) is 6.92 Å². The van der Waals surface area contributed by atoms with Gasteiger partial charge in [0.05, 0.1) is 16.5 Å². The second-order valence-electron chi connectivity index (χ2n) is 8.51. The van der Waals surface area contributed by atoms with Crippen LogP contribution in [0.15, 0.2) is 30.5 Å². The largest absolute Gasteiger partial charge is 0.367 e. The van der Waals surface area contributed by atoms with Gasteiger partial charge in [0.25, 0.3) is 0 Å². The van der Waals surface area contributed by atoms with Crippen molar-refractivity contribution in [1.82, 2.24) is 24.5 Å². The van der Waals surface area contributed by atoms with Crippen LogP contribution in [0.5, 0.6) is 0 Å². The lowest BCUT2D eigenvalue weighted by Gasteiger charge is -2.47. The third kappa shape index (κ3) is 4.16. The number of H-pyrrole nitrogens is 1. The molecule has 3 aromatic rings. The van der Waals surface area contributed by atoms with Gasteiger partial charge >= 0.3 is 0 Å². The van der Waals surface area contributed by atoms with E-state index in [2.05, 4.69) is 36.2 Å². The summed E-state index contributed by atoms with van der Waals surface area (Å²) in [5.41, 5.74) is 1.88. The minimum absolute atomic E-state index is 0.305. The number of aryl methyl sites for hydroxylation is 1. The monoisotopic (exact) mass is 439 g/mol. The number of pyridine rings is 2. The maximum absolute atomic E-state index is 12.6. The standard InChI is InChI=1S/C22H29N7OS/c1-3-31(30)29-16-6-4-7-17(29)12-15(11-16)24-22-18-8-5-9-23-19(18)13-20(26-22)25-21-10-14(2)27-28-21/h5,8-10,13,15-17H,3-4,6-7,11-12H2,1-2H3,(H3,24,25,26,27,28). The Morgan fingerprint density at radius 2 is 2.03 bits per heavy atom.